The van der Waals surface area contributed by atoms with Crippen molar-refractivity contribution in [3.63, 3.8) is 0 Å². The molecule has 2 rings (SSSR count). The van der Waals surface area contributed by atoms with Crippen molar-refractivity contribution >= 4 is 0 Å². The summed E-state index contributed by atoms with van der Waals surface area (Å²) in [5.41, 5.74) is 1.57. The predicted octanol–water partition coefficient (Wildman–Crippen LogP) is 3.23. The lowest BCUT2D eigenvalue weighted by Gasteiger charge is -2.46. The molecule has 1 aromatic carbocycles. The lowest BCUT2D eigenvalue weighted by atomic mass is 9.94. The second kappa shape index (κ2) is 7.92. The molecule has 1 unspecified atom stereocenters. The summed E-state index contributed by atoms with van der Waals surface area (Å²) in [6.45, 7) is 11.6. The Morgan fingerprint density at radius 3 is 2.71 bits per heavy atom. The maximum absolute atomic E-state index is 5.75. The number of hydrogen-bond donors (Lipinski definition) is 1. The minimum Gasteiger partial charge on any atom is -0.380 e. The van der Waals surface area contributed by atoms with Crippen LogP contribution in [0.25, 0.3) is 0 Å². The second-order valence-corrected chi connectivity index (χ2v) is 6.57. The fourth-order valence-electron chi connectivity index (χ4n) is 2.84. The van der Waals surface area contributed by atoms with Crippen molar-refractivity contribution in [1.82, 2.24) is 10.2 Å². The molecule has 118 valence electrons. The number of rotatable bonds is 7. The van der Waals surface area contributed by atoms with Crippen LogP contribution in [0.5, 0.6) is 0 Å². The first-order chi connectivity index (χ1) is 10.1. The Morgan fingerprint density at radius 2 is 2.00 bits per heavy atom. The zero-order chi connectivity index (χ0) is 15.1. The molecule has 1 aliphatic heterocycles. The topological polar surface area (TPSA) is 24.5 Å². The first-order valence-corrected chi connectivity index (χ1v) is 8.24. The van der Waals surface area contributed by atoms with E-state index in [0.717, 1.165) is 39.3 Å². The van der Waals surface area contributed by atoms with Gasteiger partial charge in [0.05, 0.1) is 6.61 Å². The van der Waals surface area contributed by atoms with Crippen LogP contribution < -0.4 is 5.32 Å². The highest BCUT2D eigenvalue weighted by molar-refractivity contribution is 5.20. The van der Waals surface area contributed by atoms with Gasteiger partial charge in [0.15, 0.2) is 0 Å². The predicted molar refractivity (Wildman–Crippen MR) is 88.6 cm³/mol. The lowest BCUT2D eigenvalue weighted by Crippen LogP contribution is -2.59. The Labute approximate surface area is 129 Å². The molecule has 0 aromatic heterocycles. The second-order valence-electron chi connectivity index (χ2n) is 6.57. The van der Waals surface area contributed by atoms with Gasteiger partial charge >= 0.3 is 0 Å². The van der Waals surface area contributed by atoms with Crippen LogP contribution in [-0.2, 0) is 4.74 Å². The average molecular weight is 290 g/mol. The van der Waals surface area contributed by atoms with E-state index in [0.29, 0.717) is 6.04 Å². The zero-order valence-electron chi connectivity index (χ0n) is 13.8. The van der Waals surface area contributed by atoms with E-state index in [1.54, 1.807) is 0 Å². The monoisotopic (exact) mass is 290 g/mol. The van der Waals surface area contributed by atoms with Gasteiger partial charge in [-0.3, -0.25) is 4.90 Å². The van der Waals surface area contributed by atoms with Gasteiger partial charge in [0.2, 0.25) is 0 Å². The molecule has 1 N–H and O–H groups in total. The van der Waals surface area contributed by atoms with Gasteiger partial charge in [-0.25, -0.2) is 0 Å². The fourth-order valence-corrected chi connectivity index (χ4v) is 2.84. The third-order valence-corrected chi connectivity index (χ3v) is 4.39. The Bertz CT molecular complexity index is 405. The molecule has 0 spiro atoms. The normalized spacial score (nSPS) is 22.3. The molecular weight excluding hydrogens is 260 g/mol. The summed E-state index contributed by atoms with van der Waals surface area (Å²) in [5, 5.41) is 3.68. The van der Waals surface area contributed by atoms with E-state index in [9.17, 15) is 0 Å². The maximum atomic E-state index is 5.75. The average Bonchev–Trinajstić information content (AvgIpc) is 2.49. The molecule has 1 atom stereocenters. The largest absolute Gasteiger partial charge is 0.380 e. The highest BCUT2D eigenvalue weighted by Gasteiger charge is 2.33. The van der Waals surface area contributed by atoms with Gasteiger partial charge in [0.1, 0.15) is 0 Å². The van der Waals surface area contributed by atoms with Gasteiger partial charge < -0.3 is 10.1 Å². The molecule has 0 aliphatic carbocycles. The van der Waals surface area contributed by atoms with Gasteiger partial charge in [-0.2, -0.15) is 0 Å². The van der Waals surface area contributed by atoms with E-state index in [4.69, 9.17) is 4.74 Å². The molecule has 1 heterocycles. The Balaban J connectivity index is 1.87. The SMILES string of the molecule is CCCCOCCN1CC(c2ccccc2)NCC1(C)C. The van der Waals surface area contributed by atoms with Crippen LogP contribution in [0.1, 0.15) is 45.2 Å². The van der Waals surface area contributed by atoms with Crippen molar-refractivity contribution in [2.75, 3.05) is 32.8 Å². The number of piperazine rings is 1. The van der Waals surface area contributed by atoms with Gasteiger partial charge in [-0.05, 0) is 25.8 Å². The summed E-state index contributed by atoms with van der Waals surface area (Å²) in [6.07, 6.45) is 2.37. The summed E-state index contributed by atoms with van der Waals surface area (Å²) in [7, 11) is 0. The fraction of sp³-hybridized carbons (Fsp3) is 0.667. The van der Waals surface area contributed by atoms with E-state index in [2.05, 4.69) is 61.3 Å². The van der Waals surface area contributed by atoms with E-state index in [1.165, 1.54) is 12.0 Å². The third kappa shape index (κ3) is 4.80. The highest BCUT2D eigenvalue weighted by atomic mass is 16.5. The first-order valence-electron chi connectivity index (χ1n) is 8.24. The molecule has 1 fully saturated rings. The number of nitrogens with one attached hydrogen (secondary N) is 1. The number of unbranched alkanes of at least 4 members (excludes halogenated alkanes) is 1. The van der Waals surface area contributed by atoms with Crippen molar-refractivity contribution < 1.29 is 4.74 Å². The summed E-state index contributed by atoms with van der Waals surface area (Å²) in [5.74, 6) is 0. The Morgan fingerprint density at radius 1 is 1.24 bits per heavy atom. The molecule has 21 heavy (non-hydrogen) atoms. The van der Waals surface area contributed by atoms with Crippen LogP contribution in [0.15, 0.2) is 30.3 Å². The molecule has 0 bridgehead atoms. The Kier molecular flexibility index (Phi) is 6.22. The molecule has 3 nitrogen and oxygen atoms in total. The number of hydrogen-bond acceptors (Lipinski definition) is 3. The lowest BCUT2D eigenvalue weighted by molar-refractivity contribution is 0.0278. The van der Waals surface area contributed by atoms with Crippen molar-refractivity contribution in [2.24, 2.45) is 0 Å². The van der Waals surface area contributed by atoms with Gasteiger partial charge in [0.25, 0.3) is 0 Å². The van der Waals surface area contributed by atoms with Gasteiger partial charge in [0, 0.05) is 37.8 Å². The molecule has 0 amide bonds. The van der Waals surface area contributed by atoms with Crippen molar-refractivity contribution in [3.8, 4) is 0 Å². The number of ether oxygens (including phenoxy) is 1. The number of benzene rings is 1. The van der Waals surface area contributed by atoms with E-state index in [-0.39, 0.29) is 5.54 Å². The minimum atomic E-state index is 0.194. The summed E-state index contributed by atoms with van der Waals surface area (Å²) in [4.78, 5) is 2.56. The van der Waals surface area contributed by atoms with Gasteiger partial charge in [-0.1, -0.05) is 43.7 Å². The highest BCUT2D eigenvalue weighted by Crippen LogP contribution is 2.25. The maximum Gasteiger partial charge on any atom is 0.0593 e. The van der Waals surface area contributed by atoms with E-state index < -0.39 is 0 Å². The minimum absolute atomic E-state index is 0.194. The standard InChI is InChI=1S/C18H30N2O/c1-4-5-12-21-13-11-20-14-17(19-15-18(20,2)3)16-9-7-6-8-10-16/h6-10,17,19H,4-5,11-15H2,1-3H3. The van der Waals surface area contributed by atoms with E-state index in [1.807, 2.05) is 0 Å². The van der Waals surface area contributed by atoms with Crippen molar-refractivity contribution in [2.45, 2.75) is 45.2 Å². The molecule has 1 aliphatic rings. The van der Waals surface area contributed by atoms with Crippen molar-refractivity contribution in [1.29, 1.82) is 0 Å². The molecule has 1 saturated heterocycles. The van der Waals surface area contributed by atoms with Crippen molar-refractivity contribution in [3.05, 3.63) is 35.9 Å². The molecule has 0 saturated carbocycles. The van der Waals surface area contributed by atoms with E-state index >= 15 is 0 Å². The summed E-state index contributed by atoms with van der Waals surface area (Å²) < 4.78 is 5.75. The molecule has 0 radical (unpaired) electrons. The summed E-state index contributed by atoms with van der Waals surface area (Å²) >= 11 is 0. The van der Waals surface area contributed by atoms with Crippen LogP contribution in [0.3, 0.4) is 0 Å². The summed E-state index contributed by atoms with van der Waals surface area (Å²) in [6, 6.07) is 11.2. The number of nitrogens with zero attached hydrogens (tertiary/aromatic N) is 1. The van der Waals surface area contributed by atoms with Crippen LogP contribution in [0, 0.1) is 0 Å². The van der Waals surface area contributed by atoms with Crippen LogP contribution in [0.2, 0.25) is 0 Å². The first kappa shape index (κ1) is 16.5. The zero-order valence-corrected chi connectivity index (χ0v) is 13.8. The van der Waals surface area contributed by atoms with Gasteiger partial charge in [-0.15, -0.1) is 0 Å². The quantitative estimate of drug-likeness (QED) is 0.780. The molecular formula is C18H30N2O. The van der Waals surface area contributed by atoms with Crippen LogP contribution in [0.4, 0.5) is 0 Å². The molecule has 3 heteroatoms. The smallest absolute Gasteiger partial charge is 0.0593 e. The molecule has 1 aromatic rings. The van der Waals surface area contributed by atoms with Crippen LogP contribution >= 0.6 is 0 Å². The van der Waals surface area contributed by atoms with Crippen LogP contribution in [-0.4, -0.2) is 43.3 Å². The Hall–Kier alpha value is -0.900. The third-order valence-electron chi connectivity index (χ3n) is 4.39.